The van der Waals surface area contributed by atoms with Crippen molar-refractivity contribution in [3.8, 4) is 0 Å². The fraction of sp³-hybridized carbons (Fsp3) is 0.611. The molecule has 4 rings (SSSR count). The molecule has 0 bridgehead atoms. The lowest BCUT2D eigenvalue weighted by molar-refractivity contribution is -0.141. The minimum atomic E-state index is -4.60. The molecule has 0 radical (unpaired) electrons. The molecule has 152 valence electrons. The van der Waals surface area contributed by atoms with Crippen molar-refractivity contribution < 1.29 is 22.4 Å². The highest BCUT2D eigenvalue weighted by Gasteiger charge is 2.33. The fourth-order valence-electron chi connectivity index (χ4n) is 3.74. The van der Waals surface area contributed by atoms with Crippen molar-refractivity contribution in [1.29, 1.82) is 0 Å². The number of likely N-dealkylation sites (tertiary alicyclic amines) is 1. The quantitative estimate of drug-likeness (QED) is 0.787. The van der Waals surface area contributed by atoms with Gasteiger partial charge in [0.15, 0.2) is 5.69 Å². The first-order valence-electron chi connectivity index (χ1n) is 9.30. The van der Waals surface area contributed by atoms with E-state index in [-0.39, 0.29) is 5.92 Å². The van der Waals surface area contributed by atoms with E-state index in [2.05, 4.69) is 15.0 Å². The number of ether oxygens (including phenoxy) is 1. The summed E-state index contributed by atoms with van der Waals surface area (Å²) in [7, 11) is 0. The van der Waals surface area contributed by atoms with Crippen LogP contribution in [0.25, 0.3) is 0 Å². The largest absolute Gasteiger partial charge is 0.433 e. The molecule has 4 heterocycles. The summed E-state index contributed by atoms with van der Waals surface area (Å²) in [5.41, 5.74) is 0.148. The molecule has 2 aliphatic rings. The van der Waals surface area contributed by atoms with Crippen LogP contribution < -0.4 is 5.56 Å². The summed E-state index contributed by atoms with van der Waals surface area (Å²) in [4.78, 5) is 17.6. The Morgan fingerprint density at radius 1 is 1.25 bits per heavy atom. The molecule has 0 N–H and O–H groups in total. The van der Waals surface area contributed by atoms with Gasteiger partial charge in [0.1, 0.15) is 11.5 Å². The van der Waals surface area contributed by atoms with Crippen molar-refractivity contribution >= 4 is 0 Å². The van der Waals surface area contributed by atoms with Crippen molar-refractivity contribution in [2.24, 2.45) is 5.92 Å². The first-order valence-corrected chi connectivity index (χ1v) is 9.30. The Hall–Kier alpha value is -2.20. The zero-order valence-corrected chi connectivity index (χ0v) is 15.2. The van der Waals surface area contributed by atoms with Crippen LogP contribution in [-0.4, -0.2) is 39.3 Å². The molecule has 7 nitrogen and oxygen atoms in total. The monoisotopic (exact) mass is 398 g/mol. The SMILES string of the molecule is O=c1cc(C(F)(F)F)ncn1CC1CCN(Cc2noc3c2COCC3)CC1. The van der Waals surface area contributed by atoms with Gasteiger partial charge in [0, 0.05) is 31.1 Å². The Bertz CT molecular complexity index is 885. The minimum absolute atomic E-state index is 0.224. The smallest absolute Gasteiger partial charge is 0.376 e. The Balaban J connectivity index is 1.32. The molecule has 0 spiro atoms. The molecular formula is C18H21F3N4O3. The van der Waals surface area contributed by atoms with Crippen molar-refractivity contribution in [3.63, 3.8) is 0 Å². The predicted octanol–water partition coefficient (Wildman–Crippen LogP) is 2.24. The summed E-state index contributed by atoms with van der Waals surface area (Å²) in [6.45, 7) is 3.92. The topological polar surface area (TPSA) is 73.4 Å². The molecule has 0 amide bonds. The second-order valence-corrected chi connectivity index (χ2v) is 7.32. The van der Waals surface area contributed by atoms with Gasteiger partial charge in [-0.2, -0.15) is 13.2 Å². The summed E-state index contributed by atoms with van der Waals surface area (Å²) < 4.78 is 50.0. The molecule has 2 aliphatic heterocycles. The molecule has 2 aromatic heterocycles. The highest BCUT2D eigenvalue weighted by atomic mass is 19.4. The van der Waals surface area contributed by atoms with Crippen LogP contribution >= 0.6 is 0 Å². The van der Waals surface area contributed by atoms with E-state index >= 15 is 0 Å². The van der Waals surface area contributed by atoms with Gasteiger partial charge in [0.2, 0.25) is 0 Å². The zero-order chi connectivity index (χ0) is 19.7. The van der Waals surface area contributed by atoms with Crippen LogP contribution in [-0.2, 0) is 37.0 Å². The van der Waals surface area contributed by atoms with Crippen molar-refractivity contribution in [3.05, 3.63) is 45.5 Å². The second kappa shape index (κ2) is 7.67. The van der Waals surface area contributed by atoms with Crippen molar-refractivity contribution in [1.82, 2.24) is 19.6 Å². The number of rotatable bonds is 4. The maximum absolute atomic E-state index is 12.6. The number of aromatic nitrogens is 3. The van der Waals surface area contributed by atoms with E-state index in [1.165, 1.54) is 4.57 Å². The van der Waals surface area contributed by atoms with Gasteiger partial charge in [-0.1, -0.05) is 5.16 Å². The highest BCUT2D eigenvalue weighted by Crippen LogP contribution is 2.27. The molecule has 0 saturated carbocycles. The van der Waals surface area contributed by atoms with E-state index in [9.17, 15) is 18.0 Å². The summed E-state index contributed by atoms with van der Waals surface area (Å²) >= 11 is 0. The number of hydrogen-bond donors (Lipinski definition) is 0. The minimum Gasteiger partial charge on any atom is -0.376 e. The Labute approximate surface area is 159 Å². The lowest BCUT2D eigenvalue weighted by Crippen LogP contribution is -2.36. The van der Waals surface area contributed by atoms with Gasteiger partial charge < -0.3 is 9.26 Å². The third-order valence-corrected chi connectivity index (χ3v) is 5.38. The van der Waals surface area contributed by atoms with Crippen LogP contribution in [0, 0.1) is 5.92 Å². The molecule has 2 aromatic rings. The number of fused-ring (bicyclic) bond motifs is 1. The van der Waals surface area contributed by atoms with Gasteiger partial charge in [0.25, 0.3) is 5.56 Å². The standard InChI is InChI=1S/C18H21F3N4O3/c19-18(20,21)16-7-17(26)25(11-22-16)8-12-1-4-24(5-2-12)9-14-13-10-27-6-3-15(13)28-23-14/h7,11-12H,1-6,8-10H2. The molecule has 28 heavy (non-hydrogen) atoms. The van der Waals surface area contributed by atoms with Crippen LogP contribution in [0.4, 0.5) is 13.2 Å². The van der Waals surface area contributed by atoms with E-state index in [4.69, 9.17) is 9.26 Å². The van der Waals surface area contributed by atoms with Gasteiger partial charge in [-0.05, 0) is 31.8 Å². The summed E-state index contributed by atoms with van der Waals surface area (Å²) in [5, 5.41) is 4.18. The number of hydrogen-bond acceptors (Lipinski definition) is 6. The van der Waals surface area contributed by atoms with Crippen molar-refractivity contribution in [2.45, 2.75) is 45.1 Å². The van der Waals surface area contributed by atoms with Gasteiger partial charge >= 0.3 is 6.18 Å². The van der Waals surface area contributed by atoms with E-state index < -0.39 is 17.4 Å². The molecular weight excluding hydrogens is 377 g/mol. The predicted molar refractivity (Wildman–Crippen MR) is 91.4 cm³/mol. The third kappa shape index (κ3) is 4.12. The van der Waals surface area contributed by atoms with E-state index in [1.54, 1.807) is 0 Å². The average Bonchev–Trinajstić information content (AvgIpc) is 3.07. The molecule has 0 aromatic carbocycles. The van der Waals surface area contributed by atoms with E-state index in [0.29, 0.717) is 32.4 Å². The number of alkyl halides is 3. The first-order chi connectivity index (χ1) is 13.4. The number of nitrogens with zero attached hydrogens (tertiary/aromatic N) is 4. The Kier molecular flexibility index (Phi) is 5.24. The zero-order valence-electron chi connectivity index (χ0n) is 15.2. The van der Waals surface area contributed by atoms with E-state index in [1.807, 2.05) is 0 Å². The van der Waals surface area contributed by atoms with Crippen LogP contribution in [0.2, 0.25) is 0 Å². The second-order valence-electron chi connectivity index (χ2n) is 7.32. The van der Waals surface area contributed by atoms with Crippen molar-refractivity contribution in [2.75, 3.05) is 19.7 Å². The van der Waals surface area contributed by atoms with Crippen LogP contribution in [0.5, 0.6) is 0 Å². The van der Waals surface area contributed by atoms with Crippen LogP contribution in [0.1, 0.15) is 35.6 Å². The molecule has 1 saturated heterocycles. The Morgan fingerprint density at radius 2 is 2.04 bits per heavy atom. The van der Waals surface area contributed by atoms with E-state index in [0.717, 1.165) is 55.7 Å². The lowest BCUT2D eigenvalue weighted by Gasteiger charge is -2.31. The molecule has 0 atom stereocenters. The molecule has 10 heteroatoms. The lowest BCUT2D eigenvalue weighted by atomic mass is 9.96. The molecule has 1 fully saturated rings. The van der Waals surface area contributed by atoms with Gasteiger partial charge in [0.05, 0.1) is 19.5 Å². The Morgan fingerprint density at radius 3 is 2.75 bits per heavy atom. The average molecular weight is 398 g/mol. The maximum Gasteiger partial charge on any atom is 0.433 e. The third-order valence-electron chi connectivity index (χ3n) is 5.38. The summed E-state index contributed by atoms with van der Waals surface area (Å²) in [5.74, 6) is 1.13. The normalized spacial score (nSPS) is 19.0. The fourth-order valence-corrected chi connectivity index (χ4v) is 3.74. The van der Waals surface area contributed by atoms with Gasteiger partial charge in [-0.3, -0.25) is 14.3 Å². The molecule has 0 unspecified atom stereocenters. The number of halogens is 3. The molecule has 0 aliphatic carbocycles. The summed E-state index contributed by atoms with van der Waals surface area (Å²) in [6, 6.07) is 0.560. The summed E-state index contributed by atoms with van der Waals surface area (Å²) in [6.07, 6.45) is -1.15. The van der Waals surface area contributed by atoms with Crippen LogP contribution in [0.15, 0.2) is 21.7 Å². The first kappa shape index (κ1) is 19.1. The van der Waals surface area contributed by atoms with Crippen LogP contribution in [0.3, 0.4) is 0 Å². The van der Waals surface area contributed by atoms with Gasteiger partial charge in [-0.25, -0.2) is 4.98 Å². The number of piperidine rings is 1. The highest BCUT2D eigenvalue weighted by molar-refractivity contribution is 5.23. The maximum atomic E-state index is 12.6. The van der Waals surface area contributed by atoms with Gasteiger partial charge in [-0.15, -0.1) is 0 Å².